The van der Waals surface area contributed by atoms with Crippen LogP contribution in [0.5, 0.6) is 0 Å². The molecule has 1 aliphatic carbocycles. The highest BCUT2D eigenvalue weighted by Gasteiger charge is 2.23. The van der Waals surface area contributed by atoms with Gasteiger partial charge in [0, 0.05) is 15.7 Å². The molecule has 0 bridgehead atoms. The monoisotopic (exact) mass is 331 g/mol. The van der Waals surface area contributed by atoms with Gasteiger partial charge in [0.2, 0.25) is 0 Å². The molecule has 0 amide bonds. The van der Waals surface area contributed by atoms with Gasteiger partial charge in [-0.1, -0.05) is 40.2 Å². The van der Waals surface area contributed by atoms with Crippen molar-refractivity contribution in [1.82, 2.24) is 0 Å². The highest BCUT2D eigenvalue weighted by atomic mass is 79.9. The van der Waals surface area contributed by atoms with Gasteiger partial charge in [-0.3, -0.25) is 0 Å². The molecule has 0 saturated carbocycles. The first-order valence-corrected chi connectivity index (χ1v) is 7.76. The summed E-state index contributed by atoms with van der Waals surface area (Å²) in [5.41, 5.74) is 4.77. The van der Waals surface area contributed by atoms with Gasteiger partial charge in [0.1, 0.15) is 0 Å². The second-order valence-corrected chi connectivity index (χ2v) is 6.26. The summed E-state index contributed by atoms with van der Waals surface area (Å²) in [7, 11) is 0. The first kappa shape index (κ1) is 13.7. The summed E-state index contributed by atoms with van der Waals surface area (Å²) < 4.78 is 1.14. The molecule has 2 unspecified atom stereocenters. The van der Waals surface area contributed by atoms with E-state index in [4.69, 9.17) is 0 Å². The number of hydrogen-bond donors (Lipinski definition) is 2. The fraction of sp³-hybridized carbons (Fsp3) is 0.294. The average Bonchev–Trinajstić information content (AvgIpc) is 2.81. The third-order valence-electron chi connectivity index (χ3n) is 3.92. The van der Waals surface area contributed by atoms with Crippen molar-refractivity contribution in [3.8, 4) is 0 Å². The summed E-state index contributed by atoms with van der Waals surface area (Å²) in [4.78, 5) is 0. The summed E-state index contributed by atoms with van der Waals surface area (Å²) in [6, 6.07) is 14.8. The van der Waals surface area contributed by atoms with Crippen LogP contribution in [0.25, 0.3) is 0 Å². The van der Waals surface area contributed by atoms with Gasteiger partial charge in [-0.2, -0.15) is 0 Å². The van der Waals surface area contributed by atoms with E-state index in [9.17, 15) is 5.11 Å². The summed E-state index contributed by atoms with van der Waals surface area (Å²) in [6.07, 6.45) is 1.74. The SMILES string of the molecule is CC(O)c1ccccc1NC1CCc2cc(Br)ccc21. The van der Waals surface area contributed by atoms with Crippen LogP contribution in [0, 0.1) is 0 Å². The first-order chi connectivity index (χ1) is 9.65. The molecule has 2 nitrogen and oxygen atoms in total. The van der Waals surface area contributed by atoms with E-state index >= 15 is 0 Å². The number of para-hydroxylation sites is 1. The maximum Gasteiger partial charge on any atom is 0.0781 e. The minimum absolute atomic E-state index is 0.331. The lowest BCUT2D eigenvalue weighted by molar-refractivity contribution is 0.200. The molecule has 0 heterocycles. The van der Waals surface area contributed by atoms with Crippen LogP contribution in [-0.4, -0.2) is 5.11 Å². The molecule has 3 rings (SSSR count). The molecule has 1 aliphatic rings. The minimum Gasteiger partial charge on any atom is -0.389 e. The van der Waals surface area contributed by atoms with E-state index in [1.165, 1.54) is 11.1 Å². The number of aryl methyl sites for hydroxylation is 1. The lowest BCUT2D eigenvalue weighted by Gasteiger charge is -2.19. The van der Waals surface area contributed by atoms with Crippen molar-refractivity contribution in [1.29, 1.82) is 0 Å². The fourth-order valence-corrected chi connectivity index (χ4v) is 3.32. The van der Waals surface area contributed by atoms with Gasteiger partial charge in [0.15, 0.2) is 0 Å². The predicted octanol–water partition coefficient (Wildman–Crippen LogP) is 4.60. The molecule has 0 saturated heterocycles. The van der Waals surface area contributed by atoms with Crippen molar-refractivity contribution < 1.29 is 5.11 Å². The van der Waals surface area contributed by atoms with E-state index in [-0.39, 0.29) is 0 Å². The molecule has 0 radical (unpaired) electrons. The van der Waals surface area contributed by atoms with Crippen LogP contribution in [0.3, 0.4) is 0 Å². The van der Waals surface area contributed by atoms with Crippen molar-refractivity contribution in [2.75, 3.05) is 5.32 Å². The van der Waals surface area contributed by atoms with Gasteiger partial charge in [0.25, 0.3) is 0 Å². The molecule has 2 aromatic carbocycles. The zero-order chi connectivity index (χ0) is 14.1. The maximum absolute atomic E-state index is 9.86. The van der Waals surface area contributed by atoms with Gasteiger partial charge < -0.3 is 10.4 Å². The van der Waals surface area contributed by atoms with Crippen LogP contribution in [0.15, 0.2) is 46.9 Å². The Kier molecular flexibility index (Phi) is 3.81. The van der Waals surface area contributed by atoms with E-state index in [1.54, 1.807) is 6.92 Å². The van der Waals surface area contributed by atoms with Gasteiger partial charge in [-0.15, -0.1) is 0 Å². The number of aliphatic hydroxyl groups is 1. The molecule has 2 atom stereocenters. The van der Waals surface area contributed by atoms with Gasteiger partial charge in [-0.05, 0) is 49.1 Å². The standard InChI is InChI=1S/C17H18BrNO/c1-11(20)14-4-2-3-5-16(14)19-17-9-6-12-10-13(18)7-8-15(12)17/h2-5,7-8,10-11,17,19-20H,6,9H2,1H3. The Balaban J connectivity index is 1.88. The zero-order valence-electron chi connectivity index (χ0n) is 11.4. The van der Waals surface area contributed by atoms with E-state index in [1.807, 2.05) is 24.3 Å². The molecular weight excluding hydrogens is 314 g/mol. The highest BCUT2D eigenvalue weighted by Crippen LogP contribution is 2.36. The Hall–Kier alpha value is -1.32. The van der Waals surface area contributed by atoms with Crippen LogP contribution in [0.4, 0.5) is 5.69 Å². The Morgan fingerprint density at radius 2 is 2.05 bits per heavy atom. The van der Waals surface area contributed by atoms with Crippen LogP contribution in [0.1, 0.15) is 42.2 Å². The molecule has 104 valence electrons. The quantitative estimate of drug-likeness (QED) is 0.861. The molecule has 2 N–H and O–H groups in total. The Morgan fingerprint density at radius 1 is 1.25 bits per heavy atom. The molecule has 3 heteroatoms. The largest absolute Gasteiger partial charge is 0.389 e. The van der Waals surface area contributed by atoms with Crippen molar-refractivity contribution in [2.24, 2.45) is 0 Å². The Labute approximate surface area is 128 Å². The molecule has 0 aliphatic heterocycles. The fourth-order valence-electron chi connectivity index (χ4n) is 2.92. The van der Waals surface area contributed by atoms with Crippen LogP contribution >= 0.6 is 15.9 Å². The van der Waals surface area contributed by atoms with Gasteiger partial charge in [-0.25, -0.2) is 0 Å². The molecular formula is C17H18BrNO. The summed E-state index contributed by atoms with van der Waals surface area (Å²) in [5.74, 6) is 0. The second-order valence-electron chi connectivity index (χ2n) is 5.34. The van der Waals surface area contributed by atoms with Crippen molar-refractivity contribution in [2.45, 2.75) is 31.9 Å². The van der Waals surface area contributed by atoms with Crippen LogP contribution in [-0.2, 0) is 6.42 Å². The number of anilines is 1. The number of aliphatic hydroxyl groups excluding tert-OH is 1. The molecule has 20 heavy (non-hydrogen) atoms. The Morgan fingerprint density at radius 3 is 2.85 bits per heavy atom. The lowest BCUT2D eigenvalue weighted by atomic mass is 10.1. The van der Waals surface area contributed by atoms with Crippen molar-refractivity contribution in [3.05, 3.63) is 63.6 Å². The van der Waals surface area contributed by atoms with Crippen LogP contribution < -0.4 is 5.32 Å². The highest BCUT2D eigenvalue weighted by molar-refractivity contribution is 9.10. The maximum atomic E-state index is 9.86. The van der Waals surface area contributed by atoms with Crippen molar-refractivity contribution in [3.63, 3.8) is 0 Å². The number of hydrogen-bond acceptors (Lipinski definition) is 2. The van der Waals surface area contributed by atoms with Gasteiger partial charge in [0.05, 0.1) is 12.1 Å². The Bertz CT molecular complexity index is 624. The molecule has 0 aromatic heterocycles. The smallest absolute Gasteiger partial charge is 0.0781 e. The minimum atomic E-state index is -0.454. The number of nitrogens with one attached hydrogen (secondary N) is 1. The third-order valence-corrected chi connectivity index (χ3v) is 4.42. The first-order valence-electron chi connectivity index (χ1n) is 6.97. The number of halogens is 1. The second kappa shape index (κ2) is 5.58. The van der Waals surface area contributed by atoms with Crippen LogP contribution in [0.2, 0.25) is 0 Å². The number of rotatable bonds is 3. The van der Waals surface area contributed by atoms with E-state index < -0.39 is 6.10 Å². The van der Waals surface area contributed by atoms with Gasteiger partial charge >= 0.3 is 0 Å². The van der Waals surface area contributed by atoms with E-state index in [0.717, 1.165) is 28.6 Å². The van der Waals surface area contributed by atoms with E-state index in [2.05, 4.69) is 39.4 Å². The zero-order valence-corrected chi connectivity index (χ0v) is 13.0. The average molecular weight is 332 g/mol. The molecule has 2 aromatic rings. The summed E-state index contributed by atoms with van der Waals surface area (Å²) in [5, 5.41) is 13.5. The molecule has 0 spiro atoms. The molecule has 0 fully saturated rings. The summed E-state index contributed by atoms with van der Waals surface area (Å²) >= 11 is 3.53. The lowest BCUT2D eigenvalue weighted by Crippen LogP contribution is -2.09. The van der Waals surface area contributed by atoms with Crippen molar-refractivity contribution >= 4 is 21.6 Å². The van der Waals surface area contributed by atoms with E-state index in [0.29, 0.717) is 6.04 Å². The normalized spacial score (nSPS) is 18.6. The topological polar surface area (TPSA) is 32.3 Å². The number of fused-ring (bicyclic) bond motifs is 1. The summed E-state index contributed by atoms with van der Waals surface area (Å²) in [6.45, 7) is 1.81. The number of benzene rings is 2. The third kappa shape index (κ3) is 2.60. The predicted molar refractivity (Wildman–Crippen MR) is 85.9 cm³/mol.